The minimum Gasteiger partial charge on any atom is -0.493 e. The molecule has 4 rings (SSSR count). The van der Waals surface area contributed by atoms with Crippen molar-refractivity contribution in [2.24, 2.45) is 5.10 Å². The summed E-state index contributed by atoms with van der Waals surface area (Å²) in [7, 11) is -2.93. The summed E-state index contributed by atoms with van der Waals surface area (Å²) in [6, 6.07) is 21.7. The molecule has 0 atom stereocenters. The molecule has 4 aromatic carbocycles. The largest absolute Gasteiger partial charge is 0.493 e. The van der Waals surface area contributed by atoms with E-state index in [0.29, 0.717) is 11.1 Å². The van der Waals surface area contributed by atoms with Crippen LogP contribution in [0.4, 0.5) is 5.69 Å². The van der Waals surface area contributed by atoms with Gasteiger partial charge >= 0.3 is 10.1 Å². The van der Waals surface area contributed by atoms with E-state index in [-0.39, 0.29) is 22.1 Å². The smallest absolute Gasteiger partial charge is 0.339 e. The third-order valence-electron chi connectivity index (χ3n) is 5.11. The van der Waals surface area contributed by atoms with Crippen LogP contribution in [-0.2, 0) is 10.1 Å². The Kier molecular flexibility index (Phi) is 6.93. The van der Waals surface area contributed by atoms with Gasteiger partial charge in [0, 0.05) is 17.7 Å². The fourth-order valence-corrected chi connectivity index (χ4v) is 4.23. The van der Waals surface area contributed by atoms with E-state index in [4.69, 9.17) is 8.92 Å². The van der Waals surface area contributed by atoms with E-state index in [9.17, 15) is 23.3 Å². The topological polar surface area (TPSA) is 137 Å². The van der Waals surface area contributed by atoms with Crippen LogP contribution < -0.4 is 14.3 Å². The highest BCUT2D eigenvalue weighted by atomic mass is 32.2. The van der Waals surface area contributed by atoms with Gasteiger partial charge in [-0.3, -0.25) is 14.9 Å². The maximum absolute atomic E-state index is 12.6. The van der Waals surface area contributed by atoms with Crippen molar-refractivity contribution in [1.29, 1.82) is 0 Å². The highest BCUT2D eigenvalue weighted by Crippen LogP contribution is 2.30. The standard InChI is InChI=1S/C25H19N3O7S/c1-34-24-14-17(16-26-27-25(29)20-8-7-18-4-2-3-5-19(18)15-20)6-13-23(24)35-36(32,33)22-11-9-21(10-12-22)28(30)31/h2-16H,1H3,(H,27,29)/b26-16-. The van der Waals surface area contributed by atoms with Gasteiger partial charge in [0.05, 0.1) is 18.2 Å². The van der Waals surface area contributed by atoms with Crippen LogP contribution in [0.25, 0.3) is 10.8 Å². The van der Waals surface area contributed by atoms with E-state index in [2.05, 4.69) is 10.5 Å². The highest BCUT2D eigenvalue weighted by Gasteiger charge is 2.20. The third-order valence-corrected chi connectivity index (χ3v) is 6.36. The average molecular weight is 506 g/mol. The predicted octanol–water partition coefficient (Wildman–Crippen LogP) is 4.29. The molecule has 1 amide bonds. The van der Waals surface area contributed by atoms with E-state index in [1.54, 1.807) is 12.1 Å². The van der Waals surface area contributed by atoms with Crippen molar-refractivity contribution in [3.05, 3.63) is 106 Å². The number of hydrogen-bond acceptors (Lipinski definition) is 8. The van der Waals surface area contributed by atoms with Crippen molar-refractivity contribution < 1.29 is 27.1 Å². The molecule has 4 aromatic rings. The number of carbonyl (C=O) groups is 1. The van der Waals surface area contributed by atoms with Crippen LogP contribution in [0.2, 0.25) is 0 Å². The highest BCUT2D eigenvalue weighted by molar-refractivity contribution is 7.87. The van der Waals surface area contributed by atoms with E-state index >= 15 is 0 Å². The second-order valence-electron chi connectivity index (χ2n) is 7.46. The Morgan fingerprint density at radius 2 is 1.67 bits per heavy atom. The summed E-state index contributed by atoms with van der Waals surface area (Å²) in [5.74, 6) is -0.378. The summed E-state index contributed by atoms with van der Waals surface area (Å²) in [5.41, 5.74) is 3.16. The van der Waals surface area contributed by atoms with Gasteiger partial charge in [0.25, 0.3) is 11.6 Å². The molecule has 182 valence electrons. The number of methoxy groups -OCH3 is 1. The zero-order chi connectivity index (χ0) is 25.7. The van der Waals surface area contributed by atoms with Crippen molar-refractivity contribution in [3.8, 4) is 11.5 Å². The van der Waals surface area contributed by atoms with Crippen molar-refractivity contribution >= 4 is 38.7 Å². The Hall–Kier alpha value is -4.77. The number of ether oxygens (including phenoxy) is 1. The summed E-state index contributed by atoms with van der Waals surface area (Å²) in [6.45, 7) is 0. The Bertz CT molecular complexity index is 1580. The summed E-state index contributed by atoms with van der Waals surface area (Å²) in [5, 5.41) is 16.7. The van der Waals surface area contributed by atoms with Crippen LogP contribution in [0.15, 0.2) is 94.9 Å². The van der Waals surface area contributed by atoms with E-state index < -0.39 is 20.9 Å². The molecular weight excluding hydrogens is 486 g/mol. The first-order valence-electron chi connectivity index (χ1n) is 10.5. The molecule has 10 nitrogen and oxygen atoms in total. The lowest BCUT2D eigenvalue weighted by atomic mass is 10.1. The first-order chi connectivity index (χ1) is 17.3. The predicted molar refractivity (Wildman–Crippen MR) is 133 cm³/mol. The van der Waals surface area contributed by atoms with Gasteiger partial charge in [-0.05, 0) is 58.8 Å². The lowest BCUT2D eigenvalue weighted by molar-refractivity contribution is -0.384. The number of rotatable bonds is 8. The number of nitrogens with zero attached hydrogens (tertiary/aromatic N) is 2. The van der Waals surface area contributed by atoms with Crippen LogP contribution in [0.5, 0.6) is 11.5 Å². The van der Waals surface area contributed by atoms with Gasteiger partial charge in [-0.1, -0.05) is 30.3 Å². The molecule has 0 spiro atoms. The second kappa shape index (κ2) is 10.2. The van der Waals surface area contributed by atoms with E-state index in [0.717, 1.165) is 35.0 Å². The number of amides is 1. The van der Waals surface area contributed by atoms with Crippen LogP contribution in [-0.4, -0.2) is 32.6 Å². The van der Waals surface area contributed by atoms with Gasteiger partial charge < -0.3 is 8.92 Å². The number of non-ortho nitro benzene ring substituents is 1. The van der Waals surface area contributed by atoms with Crippen LogP contribution in [0, 0.1) is 10.1 Å². The molecule has 0 aliphatic heterocycles. The SMILES string of the molecule is COc1cc(/C=N\NC(=O)c2ccc3ccccc3c2)ccc1OS(=O)(=O)c1ccc([N+](=O)[O-])cc1. The fraction of sp³-hybridized carbons (Fsp3) is 0.0400. The van der Waals surface area contributed by atoms with Crippen molar-refractivity contribution in [2.45, 2.75) is 4.90 Å². The second-order valence-corrected chi connectivity index (χ2v) is 9.01. The number of fused-ring (bicyclic) bond motifs is 1. The number of nitro benzene ring substituents is 1. The van der Waals surface area contributed by atoms with Gasteiger partial charge in [0.2, 0.25) is 0 Å². The monoisotopic (exact) mass is 505 g/mol. The lowest BCUT2D eigenvalue weighted by Crippen LogP contribution is -2.17. The molecule has 0 fully saturated rings. The van der Waals surface area contributed by atoms with Gasteiger partial charge in [-0.25, -0.2) is 5.43 Å². The van der Waals surface area contributed by atoms with Crippen LogP contribution in [0.1, 0.15) is 15.9 Å². The molecule has 1 N–H and O–H groups in total. The number of carbonyl (C=O) groups excluding carboxylic acids is 1. The van der Waals surface area contributed by atoms with E-state index in [1.165, 1.54) is 31.5 Å². The molecule has 0 aliphatic carbocycles. The number of nitrogens with one attached hydrogen (secondary N) is 1. The quantitative estimate of drug-likeness (QED) is 0.163. The Morgan fingerprint density at radius 1 is 0.944 bits per heavy atom. The van der Waals surface area contributed by atoms with Gasteiger partial charge in [0.1, 0.15) is 4.90 Å². The molecule has 0 bridgehead atoms. The number of nitro groups is 1. The zero-order valence-corrected chi connectivity index (χ0v) is 19.6. The molecule has 0 heterocycles. The molecule has 0 saturated carbocycles. The number of benzene rings is 4. The Balaban J connectivity index is 1.46. The molecule has 11 heteroatoms. The number of hydrazone groups is 1. The van der Waals surface area contributed by atoms with Crippen LogP contribution in [0.3, 0.4) is 0 Å². The summed E-state index contributed by atoms with van der Waals surface area (Å²) >= 11 is 0. The zero-order valence-electron chi connectivity index (χ0n) is 18.8. The average Bonchev–Trinajstić information content (AvgIpc) is 2.89. The first-order valence-corrected chi connectivity index (χ1v) is 11.9. The van der Waals surface area contributed by atoms with Crippen molar-refractivity contribution in [3.63, 3.8) is 0 Å². The van der Waals surface area contributed by atoms with E-state index in [1.807, 2.05) is 30.3 Å². The first kappa shape index (κ1) is 24.4. The fourth-order valence-electron chi connectivity index (χ4n) is 3.29. The van der Waals surface area contributed by atoms with Crippen LogP contribution >= 0.6 is 0 Å². The maximum atomic E-state index is 12.6. The van der Waals surface area contributed by atoms with Crippen molar-refractivity contribution in [1.82, 2.24) is 5.43 Å². The molecular formula is C25H19N3O7S. The van der Waals surface area contributed by atoms with Gasteiger partial charge in [0.15, 0.2) is 11.5 Å². The molecule has 0 saturated heterocycles. The molecule has 0 radical (unpaired) electrons. The molecule has 36 heavy (non-hydrogen) atoms. The minimum absolute atomic E-state index is 0.0896. The number of hydrogen-bond donors (Lipinski definition) is 1. The third kappa shape index (κ3) is 5.47. The Labute approximate surface area is 206 Å². The summed E-state index contributed by atoms with van der Waals surface area (Å²) < 4.78 is 35.5. The van der Waals surface area contributed by atoms with Gasteiger partial charge in [-0.15, -0.1) is 0 Å². The van der Waals surface area contributed by atoms with Crippen molar-refractivity contribution in [2.75, 3.05) is 7.11 Å². The minimum atomic E-state index is -4.27. The molecule has 0 unspecified atom stereocenters. The van der Waals surface area contributed by atoms with Gasteiger partial charge in [-0.2, -0.15) is 13.5 Å². The molecule has 0 aliphatic rings. The Morgan fingerprint density at radius 3 is 2.36 bits per heavy atom. The maximum Gasteiger partial charge on any atom is 0.339 e. The summed E-state index contributed by atoms with van der Waals surface area (Å²) in [6.07, 6.45) is 1.37. The lowest BCUT2D eigenvalue weighted by Gasteiger charge is -2.11. The summed E-state index contributed by atoms with van der Waals surface area (Å²) in [4.78, 5) is 22.3. The molecule has 0 aromatic heterocycles. The normalized spacial score (nSPS) is 11.4.